The van der Waals surface area contributed by atoms with Gasteiger partial charge in [-0.25, -0.2) is 8.78 Å². The lowest BCUT2D eigenvalue weighted by molar-refractivity contribution is 0.155. The molecule has 0 aliphatic carbocycles. The number of rotatable bonds is 7. The minimum absolute atomic E-state index is 0.0350. The third-order valence-corrected chi connectivity index (χ3v) is 7.35. The summed E-state index contributed by atoms with van der Waals surface area (Å²) in [7, 11) is 0. The predicted molar refractivity (Wildman–Crippen MR) is 138 cm³/mol. The molecule has 0 amide bonds. The Bertz CT molecular complexity index is 1210. The molecule has 8 heteroatoms. The quantitative estimate of drug-likeness (QED) is 0.386. The van der Waals surface area contributed by atoms with Crippen molar-refractivity contribution in [2.75, 3.05) is 36.5 Å². The maximum absolute atomic E-state index is 15.7. The van der Waals surface area contributed by atoms with Crippen molar-refractivity contribution in [1.29, 1.82) is 0 Å². The summed E-state index contributed by atoms with van der Waals surface area (Å²) in [4.78, 5) is 4.12. The minimum atomic E-state index is -0.723. The van der Waals surface area contributed by atoms with E-state index in [2.05, 4.69) is 10.2 Å². The summed E-state index contributed by atoms with van der Waals surface area (Å²) in [5.74, 6) is -1.15. The number of phenolic OH excluding ortho intramolecular Hbond substituents is 1. The van der Waals surface area contributed by atoms with Crippen LogP contribution in [-0.2, 0) is 6.42 Å². The first-order chi connectivity index (χ1) is 17.3. The van der Waals surface area contributed by atoms with E-state index in [-0.39, 0.29) is 30.1 Å². The molecule has 3 aromatic carbocycles. The number of hydrogen-bond donors (Lipinski definition) is 2. The fraction of sp³-hybridized carbons (Fsp3) is 0.357. The average molecular weight is 516 g/mol. The molecule has 4 nitrogen and oxygen atoms in total. The molecule has 0 saturated carbocycles. The van der Waals surface area contributed by atoms with Crippen molar-refractivity contribution < 1.29 is 18.3 Å². The number of aromatic hydroxyl groups is 1. The molecule has 2 unspecified atom stereocenters. The maximum atomic E-state index is 15.7. The molecule has 2 aliphatic heterocycles. The SMILES string of the molecule is CC1Cc2cc(O)ccc2C(c2c(F)cc(NC3CN(CCCF)C3)cc2F)N1c1ccc(Cl)cc1. The second kappa shape index (κ2) is 10.2. The Balaban J connectivity index is 1.49. The summed E-state index contributed by atoms with van der Waals surface area (Å²) in [6, 6.07) is 14.2. The van der Waals surface area contributed by atoms with Gasteiger partial charge in [-0.15, -0.1) is 0 Å². The summed E-state index contributed by atoms with van der Waals surface area (Å²) in [5, 5.41) is 13.8. The summed E-state index contributed by atoms with van der Waals surface area (Å²) >= 11 is 6.11. The van der Waals surface area contributed by atoms with Gasteiger partial charge in [0.25, 0.3) is 0 Å². The zero-order chi connectivity index (χ0) is 25.4. The van der Waals surface area contributed by atoms with E-state index in [4.69, 9.17) is 11.6 Å². The van der Waals surface area contributed by atoms with Crippen molar-refractivity contribution in [3.05, 3.63) is 87.9 Å². The Labute approximate surface area is 214 Å². The molecule has 0 radical (unpaired) electrons. The van der Waals surface area contributed by atoms with E-state index in [1.807, 2.05) is 24.0 Å². The smallest absolute Gasteiger partial charge is 0.133 e. The van der Waals surface area contributed by atoms with Crippen molar-refractivity contribution in [3.63, 3.8) is 0 Å². The van der Waals surface area contributed by atoms with Crippen LogP contribution < -0.4 is 10.2 Å². The van der Waals surface area contributed by atoms with E-state index in [0.29, 0.717) is 43.2 Å². The molecular weight excluding hydrogens is 487 g/mol. The van der Waals surface area contributed by atoms with Crippen LogP contribution in [0.1, 0.15) is 36.1 Å². The summed E-state index contributed by atoms with van der Waals surface area (Å²) < 4.78 is 43.9. The van der Waals surface area contributed by atoms with E-state index < -0.39 is 17.7 Å². The van der Waals surface area contributed by atoms with Crippen molar-refractivity contribution in [3.8, 4) is 5.75 Å². The average Bonchev–Trinajstić information content (AvgIpc) is 2.80. The summed E-state index contributed by atoms with van der Waals surface area (Å²) in [6.07, 6.45) is 1.11. The molecule has 2 atom stereocenters. The van der Waals surface area contributed by atoms with Crippen molar-refractivity contribution in [1.82, 2.24) is 4.90 Å². The highest BCUT2D eigenvalue weighted by Crippen LogP contribution is 2.44. The van der Waals surface area contributed by atoms with Crippen LogP contribution in [0, 0.1) is 11.6 Å². The van der Waals surface area contributed by atoms with Crippen molar-refractivity contribution in [2.45, 2.75) is 37.9 Å². The second-order valence-electron chi connectivity index (χ2n) is 9.72. The highest BCUT2D eigenvalue weighted by Gasteiger charge is 2.37. The molecule has 36 heavy (non-hydrogen) atoms. The molecule has 2 N–H and O–H groups in total. The van der Waals surface area contributed by atoms with Gasteiger partial charge < -0.3 is 15.3 Å². The van der Waals surface area contributed by atoms with Gasteiger partial charge in [0.1, 0.15) is 17.4 Å². The lowest BCUT2D eigenvalue weighted by Gasteiger charge is -2.44. The summed E-state index contributed by atoms with van der Waals surface area (Å²) in [6.45, 7) is 3.78. The van der Waals surface area contributed by atoms with E-state index in [0.717, 1.165) is 16.8 Å². The zero-order valence-electron chi connectivity index (χ0n) is 20.0. The van der Waals surface area contributed by atoms with Crippen LogP contribution in [0.5, 0.6) is 5.75 Å². The number of phenols is 1. The number of benzene rings is 3. The Morgan fingerprint density at radius 3 is 2.39 bits per heavy atom. The number of halogens is 4. The highest BCUT2D eigenvalue weighted by molar-refractivity contribution is 6.30. The molecule has 190 valence electrons. The summed E-state index contributed by atoms with van der Waals surface area (Å²) in [5.41, 5.74) is 2.77. The van der Waals surface area contributed by atoms with Crippen LogP contribution in [0.2, 0.25) is 5.02 Å². The highest BCUT2D eigenvalue weighted by atomic mass is 35.5. The molecule has 5 rings (SSSR count). The fourth-order valence-electron chi connectivity index (χ4n) is 5.46. The Kier molecular flexibility index (Phi) is 7.04. The van der Waals surface area contributed by atoms with Gasteiger partial charge in [-0.1, -0.05) is 17.7 Å². The Hall–Kier alpha value is -2.90. The van der Waals surface area contributed by atoms with Gasteiger partial charge in [0.15, 0.2) is 0 Å². The second-order valence-corrected chi connectivity index (χ2v) is 10.2. The fourth-order valence-corrected chi connectivity index (χ4v) is 5.59. The van der Waals surface area contributed by atoms with Gasteiger partial charge in [-0.05, 0) is 79.4 Å². The predicted octanol–water partition coefficient (Wildman–Crippen LogP) is 6.32. The standard InChI is InChI=1S/C28H29ClF3N3O/c1-17-11-18-12-23(36)7-8-24(18)28(35(17)22-5-3-19(29)4-6-22)27-25(31)13-20(14-26(27)32)33-21-15-34(16-21)10-2-9-30/h3-8,12-14,17,21,28,33,36H,2,9-11,15-16H2,1H3. The number of likely N-dealkylation sites (tertiary alicyclic amines) is 1. The first-order valence-electron chi connectivity index (χ1n) is 12.2. The lowest BCUT2D eigenvalue weighted by atomic mass is 9.84. The van der Waals surface area contributed by atoms with Gasteiger partial charge in [-0.2, -0.15) is 0 Å². The normalized spacial score (nSPS) is 20.2. The van der Waals surface area contributed by atoms with E-state index in [9.17, 15) is 9.50 Å². The molecule has 2 aliphatic rings. The molecule has 0 aromatic heterocycles. The van der Waals surface area contributed by atoms with Gasteiger partial charge in [0.05, 0.1) is 24.3 Å². The molecule has 3 aromatic rings. The van der Waals surface area contributed by atoms with E-state index in [1.54, 1.807) is 30.3 Å². The van der Waals surface area contributed by atoms with Gasteiger partial charge in [-0.3, -0.25) is 9.29 Å². The maximum Gasteiger partial charge on any atom is 0.133 e. The van der Waals surface area contributed by atoms with E-state index in [1.165, 1.54) is 12.1 Å². The number of anilines is 2. The molecule has 0 spiro atoms. The molecule has 0 bridgehead atoms. The Morgan fingerprint density at radius 2 is 1.72 bits per heavy atom. The van der Waals surface area contributed by atoms with Gasteiger partial charge >= 0.3 is 0 Å². The van der Waals surface area contributed by atoms with Gasteiger partial charge in [0, 0.05) is 42.1 Å². The number of alkyl halides is 1. The zero-order valence-corrected chi connectivity index (χ0v) is 20.8. The monoisotopic (exact) mass is 515 g/mol. The Morgan fingerprint density at radius 1 is 1.03 bits per heavy atom. The van der Waals surface area contributed by atoms with Crippen molar-refractivity contribution >= 4 is 23.0 Å². The van der Waals surface area contributed by atoms with Crippen LogP contribution in [0.3, 0.4) is 0 Å². The molecule has 1 fully saturated rings. The molecular formula is C28H29ClF3N3O. The van der Waals surface area contributed by atoms with Crippen LogP contribution in [0.25, 0.3) is 0 Å². The number of nitrogens with zero attached hydrogens (tertiary/aromatic N) is 2. The largest absolute Gasteiger partial charge is 0.508 e. The van der Waals surface area contributed by atoms with Crippen LogP contribution >= 0.6 is 11.6 Å². The van der Waals surface area contributed by atoms with E-state index >= 15 is 8.78 Å². The number of fused-ring (bicyclic) bond motifs is 1. The third kappa shape index (κ3) is 4.87. The minimum Gasteiger partial charge on any atom is -0.508 e. The van der Waals surface area contributed by atoms with Gasteiger partial charge in [0.2, 0.25) is 0 Å². The number of nitrogens with one attached hydrogen (secondary N) is 1. The van der Waals surface area contributed by atoms with Crippen molar-refractivity contribution in [2.24, 2.45) is 0 Å². The first kappa shape index (κ1) is 24.8. The van der Waals surface area contributed by atoms with Crippen LogP contribution in [-0.4, -0.2) is 48.4 Å². The molecule has 2 heterocycles. The van der Waals surface area contributed by atoms with Crippen LogP contribution in [0.4, 0.5) is 24.5 Å². The first-order valence-corrected chi connectivity index (χ1v) is 12.6. The lowest BCUT2D eigenvalue weighted by Crippen LogP contribution is -2.54. The number of hydrogen-bond acceptors (Lipinski definition) is 4. The third-order valence-electron chi connectivity index (χ3n) is 7.10. The van der Waals surface area contributed by atoms with Crippen LogP contribution in [0.15, 0.2) is 54.6 Å². The topological polar surface area (TPSA) is 38.7 Å². The molecule has 1 saturated heterocycles.